The molecule has 6 heteroatoms. The largest absolute Gasteiger partial charge is 0.489 e. The molecule has 24 heavy (non-hydrogen) atoms. The van der Waals surface area contributed by atoms with Crippen LogP contribution in [0.5, 0.6) is 5.75 Å². The van der Waals surface area contributed by atoms with Gasteiger partial charge in [0.15, 0.2) is 0 Å². The lowest BCUT2D eigenvalue weighted by Crippen LogP contribution is -2.16. The van der Waals surface area contributed by atoms with Crippen LogP contribution in [0.3, 0.4) is 0 Å². The molecule has 2 aromatic carbocycles. The zero-order valence-electron chi connectivity index (χ0n) is 14.1. The summed E-state index contributed by atoms with van der Waals surface area (Å²) in [7, 11) is -3.46. The van der Waals surface area contributed by atoms with E-state index in [1.807, 2.05) is 42.5 Å². The van der Waals surface area contributed by atoms with Gasteiger partial charge in [-0.05, 0) is 25.5 Å². The predicted molar refractivity (Wildman–Crippen MR) is 95.0 cm³/mol. The van der Waals surface area contributed by atoms with Crippen LogP contribution >= 0.6 is 7.60 Å². The number of ether oxygens (including phenoxy) is 1. The molecular weight excluding hydrogens is 325 g/mol. The van der Waals surface area contributed by atoms with Gasteiger partial charge >= 0.3 is 7.60 Å². The van der Waals surface area contributed by atoms with Crippen molar-refractivity contribution in [1.82, 2.24) is 0 Å². The Balaban J connectivity index is 2.22. The third-order valence-corrected chi connectivity index (χ3v) is 5.63. The molecule has 0 aliphatic rings. The van der Waals surface area contributed by atoms with E-state index in [-0.39, 0.29) is 13.2 Å². The van der Waals surface area contributed by atoms with Crippen molar-refractivity contribution in [3.63, 3.8) is 0 Å². The standard InChI is InChI=1S/C18H24NO4P/c1-3-22-24(20,23-4-2)18(19)16-12-8-9-13-17(16)21-14-15-10-6-5-7-11-15/h5-13,18H,3-4,14,19H2,1-2H3/t18-/m0/s1. The smallest absolute Gasteiger partial charge is 0.351 e. The number of rotatable bonds is 9. The van der Waals surface area contributed by atoms with E-state index in [1.54, 1.807) is 26.0 Å². The van der Waals surface area contributed by atoms with Gasteiger partial charge in [0.2, 0.25) is 0 Å². The van der Waals surface area contributed by atoms with Crippen molar-refractivity contribution in [2.45, 2.75) is 26.2 Å². The molecule has 0 heterocycles. The van der Waals surface area contributed by atoms with E-state index in [0.717, 1.165) is 5.56 Å². The molecule has 2 N–H and O–H groups in total. The van der Waals surface area contributed by atoms with Crippen LogP contribution in [0.4, 0.5) is 0 Å². The molecule has 2 aromatic rings. The van der Waals surface area contributed by atoms with Crippen molar-refractivity contribution in [2.24, 2.45) is 5.73 Å². The molecule has 0 aliphatic carbocycles. The maximum Gasteiger partial charge on any atom is 0.351 e. The Morgan fingerprint density at radius 2 is 1.54 bits per heavy atom. The van der Waals surface area contributed by atoms with Crippen LogP contribution in [-0.4, -0.2) is 13.2 Å². The monoisotopic (exact) mass is 349 g/mol. The van der Waals surface area contributed by atoms with E-state index in [1.165, 1.54) is 0 Å². The van der Waals surface area contributed by atoms with Gasteiger partial charge in [-0.2, -0.15) is 0 Å². The molecule has 0 spiro atoms. The first-order valence-electron chi connectivity index (χ1n) is 8.00. The lowest BCUT2D eigenvalue weighted by Gasteiger charge is -2.25. The van der Waals surface area contributed by atoms with Crippen LogP contribution < -0.4 is 10.5 Å². The zero-order chi connectivity index (χ0) is 17.4. The highest BCUT2D eigenvalue weighted by molar-refractivity contribution is 7.54. The van der Waals surface area contributed by atoms with Gasteiger partial charge < -0.3 is 19.5 Å². The molecule has 0 aromatic heterocycles. The van der Waals surface area contributed by atoms with Gasteiger partial charge in [0.05, 0.1) is 13.2 Å². The molecule has 0 saturated carbocycles. The van der Waals surface area contributed by atoms with Gasteiger partial charge in [0, 0.05) is 5.56 Å². The molecular formula is C18H24NO4P. The molecule has 0 radical (unpaired) electrons. The Hall–Kier alpha value is -1.65. The maximum absolute atomic E-state index is 12.9. The minimum absolute atomic E-state index is 0.262. The summed E-state index contributed by atoms with van der Waals surface area (Å²) in [6, 6.07) is 17.1. The second-order valence-corrected chi connectivity index (χ2v) is 7.28. The SMILES string of the molecule is CCOP(=O)(OCC)[C@H](N)c1ccccc1OCc1ccccc1. The fourth-order valence-corrected chi connectivity index (χ4v) is 3.99. The molecule has 0 fully saturated rings. The summed E-state index contributed by atoms with van der Waals surface area (Å²) in [4.78, 5) is 0. The normalized spacial score (nSPS) is 12.8. The summed E-state index contributed by atoms with van der Waals surface area (Å²) in [6.45, 7) is 4.45. The average molecular weight is 349 g/mol. The lowest BCUT2D eigenvalue weighted by atomic mass is 10.2. The van der Waals surface area contributed by atoms with Gasteiger partial charge in [-0.3, -0.25) is 4.57 Å². The number of para-hydroxylation sites is 1. The molecule has 0 saturated heterocycles. The van der Waals surface area contributed by atoms with E-state index in [0.29, 0.717) is 17.9 Å². The highest BCUT2D eigenvalue weighted by atomic mass is 31.2. The Bertz CT molecular complexity index is 668. The van der Waals surface area contributed by atoms with Crippen LogP contribution in [0.15, 0.2) is 54.6 Å². The van der Waals surface area contributed by atoms with Gasteiger partial charge in [0.1, 0.15) is 18.1 Å². The maximum atomic E-state index is 12.9. The van der Waals surface area contributed by atoms with Crippen molar-refractivity contribution >= 4 is 7.60 Å². The molecule has 130 valence electrons. The van der Waals surface area contributed by atoms with Crippen LogP contribution in [-0.2, 0) is 20.2 Å². The first-order valence-corrected chi connectivity index (χ1v) is 9.62. The number of hydrogen-bond acceptors (Lipinski definition) is 5. The second kappa shape index (κ2) is 9.00. The molecule has 0 aliphatic heterocycles. The highest BCUT2D eigenvalue weighted by Gasteiger charge is 2.35. The molecule has 0 unspecified atom stereocenters. The van der Waals surface area contributed by atoms with E-state index in [2.05, 4.69) is 0 Å². The van der Waals surface area contributed by atoms with Crippen LogP contribution in [0.2, 0.25) is 0 Å². The summed E-state index contributed by atoms with van der Waals surface area (Å²) in [5.41, 5.74) is 7.87. The summed E-state index contributed by atoms with van der Waals surface area (Å²) >= 11 is 0. The summed E-state index contributed by atoms with van der Waals surface area (Å²) in [5.74, 6) is -0.321. The quantitative estimate of drug-likeness (QED) is 0.676. The van der Waals surface area contributed by atoms with E-state index in [4.69, 9.17) is 19.5 Å². The van der Waals surface area contributed by atoms with E-state index in [9.17, 15) is 4.57 Å². The Morgan fingerprint density at radius 3 is 2.17 bits per heavy atom. The first-order chi connectivity index (χ1) is 11.6. The van der Waals surface area contributed by atoms with Gasteiger partial charge in [-0.15, -0.1) is 0 Å². The van der Waals surface area contributed by atoms with Crippen LogP contribution in [0.25, 0.3) is 0 Å². The number of nitrogens with two attached hydrogens (primary N) is 1. The van der Waals surface area contributed by atoms with Crippen molar-refractivity contribution < 1.29 is 18.3 Å². The van der Waals surface area contributed by atoms with Crippen molar-refractivity contribution in [3.05, 3.63) is 65.7 Å². The molecule has 5 nitrogen and oxygen atoms in total. The molecule has 0 amide bonds. The number of hydrogen-bond donors (Lipinski definition) is 1. The summed E-state index contributed by atoms with van der Waals surface area (Å²) in [5, 5.41) is 0. The minimum Gasteiger partial charge on any atom is -0.489 e. The third kappa shape index (κ3) is 4.68. The topological polar surface area (TPSA) is 70.8 Å². The van der Waals surface area contributed by atoms with Gasteiger partial charge in [0.25, 0.3) is 0 Å². The Kier molecular flexibility index (Phi) is 7.00. The van der Waals surface area contributed by atoms with Crippen molar-refractivity contribution in [3.8, 4) is 5.75 Å². The molecule has 1 atom stereocenters. The second-order valence-electron chi connectivity index (χ2n) is 5.13. The van der Waals surface area contributed by atoms with E-state index < -0.39 is 13.4 Å². The highest BCUT2D eigenvalue weighted by Crippen LogP contribution is 2.59. The van der Waals surface area contributed by atoms with Gasteiger partial charge in [-0.25, -0.2) is 0 Å². The fraction of sp³-hybridized carbons (Fsp3) is 0.333. The predicted octanol–water partition coefficient (Wildman–Crippen LogP) is 4.49. The van der Waals surface area contributed by atoms with Crippen molar-refractivity contribution in [2.75, 3.05) is 13.2 Å². The van der Waals surface area contributed by atoms with Crippen molar-refractivity contribution in [1.29, 1.82) is 0 Å². The van der Waals surface area contributed by atoms with Gasteiger partial charge in [-0.1, -0.05) is 48.5 Å². The average Bonchev–Trinajstić information content (AvgIpc) is 2.61. The molecule has 0 bridgehead atoms. The third-order valence-electron chi connectivity index (χ3n) is 3.43. The Morgan fingerprint density at radius 1 is 0.958 bits per heavy atom. The Labute approximate surface area is 143 Å². The summed E-state index contributed by atoms with van der Waals surface area (Å²) < 4.78 is 29.5. The first kappa shape index (κ1) is 18.7. The summed E-state index contributed by atoms with van der Waals surface area (Å²) in [6.07, 6.45) is 0. The lowest BCUT2D eigenvalue weighted by molar-refractivity contribution is 0.211. The minimum atomic E-state index is -3.46. The fourth-order valence-electron chi connectivity index (χ4n) is 2.32. The zero-order valence-corrected chi connectivity index (χ0v) is 14.9. The molecule has 2 rings (SSSR count). The number of benzene rings is 2. The van der Waals surface area contributed by atoms with Crippen LogP contribution in [0, 0.1) is 0 Å². The van der Waals surface area contributed by atoms with Crippen LogP contribution in [0.1, 0.15) is 30.8 Å². The van der Waals surface area contributed by atoms with E-state index >= 15 is 0 Å².